The maximum Gasteiger partial charge on any atom is 0.324 e. The lowest BCUT2D eigenvalue weighted by atomic mass is 9.96. The van der Waals surface area contributed by atoms with Gasteiger partial charge in [0.1, 0.15) is 5.84 Å². The normalized spacial score (nSPS) is 20.5. The fraction of sp³-hybridized carbons (Fsp3) is 0.417. The van der Waals surface area contributed by atoms with Crippen LogP contribution >= 0.6 is 11.6 Å². The third-order valence-electron chi connectivity index (χ3n) is 6.48. The van der Waals surface area contributed by atoms with Crippen LogP contribution in [0.2, 0.25) is 5.02 Å². The number of nitrogen functional groups attached to an aromatic ring is 1. The maximum absolute atomic E-state index is 13.3. The Bertz CT molecular complexity index is 1180. The van der Waals surface area contributed by atoms with Crippen molar-refractivity contribution in [2.45, 2.75) is 24.7 Å². The zero-order chi connectivity index (χ0) is 24.5. The molecule has 0 aromatic heterocycles. The number of nitrogens with two attached hydrogens (primary N) is 1. The minimum Gasteiger partial charge on any atom is -0.384 e. The molecular weight excluding hydrogens is 474 g/mol. The summed E-state index contributed by atoms with van der Waals surface area (Å²) < 4.78 is 27.5. The van der Waals surface area contributed by atoms with Crippen LogP contribution in [0.3, 0.4) is 0 Å². The van der Waals surface area contributed by atoms with Gasteiger partial charge in [-0.05, 0) is 55.0 Å². The monoisotopic (exact) mass is 503 g/mol. The van der Waals surface area contributed by atoms with Gasteiger partial charge in [-0.3, -0.25) is 10.3 Å². The lowest BCUT2D eigenvalue weighted by Crippen LogP contribution is -2.55. The van der Waals surface area contributed by atoms with E-state index in [1.54, 1.807) is 41.3 Å². The molecule has 2 aliphatic heterocycles. The lowest BCUT2D eigenvalue weighted by molar-refractivity contribution is 0.154. The molecule has 2 aromatic rings. The Morgan fingerprint density at radius 3 is 2.50 bits per heavy atom. The van der Waals surface area contributed by atoms with E-state index < -0.39 is 10.0 Å². The Morgan fingerprint density at radius 1 is 1.12 bits per heavy atom. The SMILES string of the molecule is CC1CN(CC2CCN(S(=O)(=O)c3cccc(Cl)c3)CC2)C(=O)N(c2cccc(C(=N)N)c2)C1. The fourth-order valence-corrected chi connectivity index (χ4v) is 6.47. The number of benzene rings is 2. The van der Waals surface area contributed by atoms with Gasteiger partial charge in [0.15, 0.2) is 0 Å². The number of amides is 2. The first kappa shape index (κ1) is 24.5. The minimum absolute atomic E-state index is 0.0318. The first-order valence-electron chi connectivity index (χ1n) is 11.4. The number of hydrogen-bond acceptors (Lipinski definition) is 4. The molecule has 182 valence electrons. The van der Waals surface area contributed by atoms with Gasteiger partial charge in [-0.1, -0.05) is 36.7 Å². The number of halogens is 1. The number of amidine groups is 1. The van der Waals surface area contributed by atoms with Gasteiger partial charge in [0.25, 0.3) is 0 Å². The number of urea groups is 1. The number of piperidine rings is 1. The van der Waals surface area contributed by atoms with Crippen LogP contribution in [0.1, 0.15) is 25.3 Å². The number of rotatable bonds is 6. The Hall–Kier alpha value is -2.62. The van der Waals surface area contributed by atoms with Crippen LogP contribution in [0, 0.1) is 17.2 Å². The number of hydrogen-bond donors (Lipinski definition) is 2. The minimum atomic E-state index is -3.58. The molecule has 1 unspecified atom stereocenters. The number of anilines is 1. The van der Waals surface area contributed by atoms with Crippen LogP contribution in [0.15, 0.2) is 53.4 Å². The smallest absolute Gasteiger partial charge is 0.324 e. The molecule has 0 spiro atoms. The van der Waals surface area contributed by atoms with Crippen molar-refractivity contribution >= 4 is 39.2 Å². The zero-order valence-electron chi connectivity index (χ0n) is 19.2. The van der Waals surface area contributed by atoms with Crippen molar-refractivity contribution in [1.29, 1.82) is 5.41 Å². The number of nitrogens with one attached hydrogen (secondary N) is 1. The molecule has 0 aliphatic carbocycles. The van der Waals surface area contributed by atoms with E-state index in [0.717, 1.165) is 5.69 Å². The summed E-state index contributed by atoms with van der Waals surface area (Å²) in [5.41, 5.74) is 6.95. The van der Waals surface area contributed by atoms with Gasteiger partial charge in [0.2, 0.25) is 10.0 Å². The average molecular weight is 504 g/mol. The van der Waals surface area contributed by atoms with Gasteiger partial charge in [0, 0.05) is 49.0 Å². The third kappa shape index (κ3) is 5.21. The summed E-state index contributed by atoms with van der Waals surface area (Å²) in [4.78, 5) is 17.1. The van der Waals surface area contributed by atoms with E-state index in [-0.39, 0.29) is 28.6 Å². The highest BCUT2D eigenvalue weighted by Gasteiger charge is 2.35. The molecule has 2 saturated heterocycles. The van der Waals surface area contributed by atoms with Crippen LogP contribution in [0.5, 0.6) is 0 Å². The molecule has 0 bridgehead atoms. The van der Waals surface area contributed by atoms with Crippen molar-refractivity contribution < 1.29 is 13.2 Å². The second kappa shape index (κ2) is 9.93. The molecule has 10 heteroatoms. The van der Waals surface area contributed by atoms with Crippen molar-refractivity contribution in [3.05, 3.63) is 59.1 Å². The van der Waals surface area contributed by atoms with Crippen molar-refractivity contribution in [3.8, 4) is 0 Å². The van der Waals surface area contributed by atoms with E-state index in [0.29, 0.717) is 56.2 Å². The quantitative estimate of drug-likeness (QED) is 0.463. The predicted molar refractivity (Wildman–Crippen MR) is 134 cm³/mol. The van der Waals surface area contributed by atoms with Crippen molar-refractivity contribution in [2.24, 2.45) is 17.6 Å². The maximum atomic E-state index is 13.3. The van der Waals surface area contributed by atoms with E-state index in [9.17, 15) is 13.2 Å². The van der Waals surface area contributed by atoms with Crippen LogP contribution in [0.4, 0.5) is 10.5 Å². The van der Waals surface area contributed by atoms with Crippen molar-refractivity contribution in [1.82, 2.24) is 9.21 Å². The van der Waals surface area contributed by atoms with Crippen LogP contribution in [-0.2, 0) is 10.0 Å². The second-order valence-electron chi connectivity index (χ2n) is 9.17. The molecule has 2 fully saturated rings. The first-order valence-corrected chi connectivity index (χ1v) is 13.2. The van der Waals surface area contributed by atoms with Gasteiger partial charge in [-0.25, -0.2) is 13.2 Å². The Morgan fingerprint density at radius 2 is 1.82 bits per heavy atom. The van der Waals surface area contributed by atoms with E-state index in [1.807, 2.05) is 11.0 Å². The predicted octanol–water partition coefficient (Wildman–Crippen LogP) is 3.60. The van der Waals surface area contributed by atoms with E-state index >= 15 is 0 Å². The molecule has 1 atom stereocenters. The number of nitrogens with zero attached hydrogens (tertiary/aromatic N) is 3. The molecule has 2 aliphatic rings. The summed E-state index contributed by atoms with van der Waals surface area (Å²) in [5.74, 6) is 0.475. The van der Waals surface area contributed by atoms with Gasteiger partial charge >= 0.3 is 6.03 Å². The molecule has 4 rings (SSSR count). The van der Waals surface area contributed by atoms with Crippen LogP contribution in [0.25, 0.3) is 0 Å². The standard InChI is InChI=1S/C24H30ClN5O3S/c1-17-14-28(24(31)30(15-17)21-6-2-4-19(12-21)23(26)27)16-18-8-10-29(11-9-18)34(32,33)22-7-3-5-20(25)13-22/h2-7,12-13,17-18H,8-11,14-16H2,1H3,(H3,26,27). The summed E-state index contributed by atoms with van der Waals surface area (Å²) >= 11 is 5.99. The van der Waals surface area contributed by atoms with Gasteiger partial charge in [-0.2, -0.15) is 4.31 Å². The van der Waals surface area contributed by atoms with Gasteiger partial charge in [0.05, 0.1) is 4.90 Å². The molecule has 8 nitrogen and oxygen atoms in total. The Labute approximate surface area is 205 Å². The highest BCUT2D eigenvalue weighted by Crippen LogP contribution is 2.28. The molecular formula is C24H30ClN5O3S. The van der Waals surface area contributed by atoms with Crippen molar-refractivity contribution in [3.63, 3.8) is 0 Å². The average Bonchev–Trinajstić information content (AvgIpc) is 2.81. The highest BCUT2D eigenvalue weighted by atomic mass is 35.5. The Kier molecular flexibility index (Phi) is 7.16. The highest BCUT2D eigenvalue weighted by molar-refractivity contribution is 7.89. The summed E-state index contributed by atoms with van der Waals surface area (Å²) in [5, 5.41) is 8.08. The molecule has 34 heavy (non-hydrogen) atoms. The Balaban J connectivity index is 1.41. The fourth-order valence-electron chi connectivity index (χ4n) is 4.70. The van der Waals surface area contributed by atoms with Gasteiger partial charge < -0.3 is 10.6 Å². The largest absolute Gasteiger partial charge is 0.384 e. The molecule has 3 N–H and O–H groups in total. The molecule has 2 aromatic carbocycles. The topological polar surface area (TPSA) is 111 Å². The summed E-state index contributed by atoms with van der Waals surface area (Å²) in [6.07, 6.45) is 1.38. The summed E-state index contributed by atoms with van der Waals surface area (Å²) in [6.45, 7) is 4.82. The van der Waals surface area contributed by atoms with Crippen molar-refractivity contribution in [2.75, 3.05) is 37.6 Å². The summed E-state index contributed by atoms with van der Waals surface area (Å²) in [6, 6.07) is 13.5. The van der Waals surface area contributed by atoms with E-state index in [4.69, 9.17) is 22.7 Å². The van der Waals surface area contributed by atoms with Gasteiger partial charge in [-0.15, -0.1) is 0 Å². The van der Waals surface area contributed by atoms with Crippen LogP contribution in [-0.4, -0.2) is 62.2 Å². The summed E-state index contributed by atoms with van der Waals surface area (Å²) in [7, 11) is -3.58. The number of sulfonamides is 1. The number of carbonyl (C=O) groups is 1. The first-order chi connectivity index (χ1) is 16.1. The molecule has 2 heterocycles. The zero-order valence-corrected chi connectivity index (χ0v) is 20.7. The lowest BCUT2D eigenvalue weighted by Gasteiger charge is -2.41. The van der Waals surface area contributed by atoms with E-state index in [2.05, 4.69) is 6.92 Å². The molecule has 0 radical (unpaired) electrons. The molecule has 0 saturated carbocycles. The second-order valence-corrected chi connectivity index (χ2v) is 11.5. The number of carbonyl (C=O) groups excluding carboxylic acids is 1. The third-order valence-corrected chi connectivity index (χ3v) is 8.61. The van der Waals surface area contributed by atoms with E-state index in [1.165, 1.54) is 10.4 Å². The van der Waals surface area contributed by atoms with Crippen LogP contribution < -0.4 is 10.6 Å². The molecule has 2 amide bonds.